The Hall–Kier alpha value is -2.48. The Morgan fingerprint density at radius 2 is 2.16 bits per heavy atom. The molecule has 0 saturated heterocycles. The van der Waals surface area contributed by atoms with Crippen molar-refractivity contribution in [3.8, 4) is 0 Å². The summed E-state index contributed by atoms with van der Waals surface area (Å²) < 4.78 is 13.1. The molecule has 3 N–H and O–H groups in total. The van der Waals surface area contributed by atoms with E-state index in [1.165, 1.54) is 18.2 Å². The van der Waals surface area contributed by atoms with Gasteiger partial charge in [0, 0.05) is 18.1 Å². The number of hydrogen-bond acceptors (Lipinski definition) is 4. The first-order chi connectivity index (χ1) is 12.0. The maximum Gasteiger partial charge on any atom is 0.243 e. The fourth-order valence-electron chi connectivity index (χ4n) is 1.99. The van der Waals surface area contributed by atoms with Gasteiger partial charge in [-0.05, 0) is 24.1 Å². The summed E-state index contributed by atoms with van der Waals surface area (Å²) in [5, 5.41) is 11.6. The molecule has 0 fully saturated rings. The average molecular weight is 363 g/mol. The number of nitrogens with one attached hydrogen (secondary N) is 3. The molecule has 6 nitrogen and oxygen atoms in total. The number of carbonyl (C=O) groups is 1. The zero-order valence-electron chi connectivity index (χ0n) is 14.5. The molecule has 8 heteroatoms. The van der Waals surface area contributed by atoms with Gasteiger partial charge in [0.2, 0.25) is 5.91 Å². The summed E-state index contributed by atoms with van der Waals surface area (Å²) in [5.74, 6) is 0.210. The summed E-state index contributed by atoms with van der Waals surface area (Å²) in [6, 6.07) is 5.75. The van der Waals surface area contributed by atoms with Crippen molar-refractivity contribution in [2.75, 3.05) is 18.9 Å². The number of guanidine groups is 1. The van der Waals surface area contributed by atoms with Crippen LogP contribution in [0.15, 0.2) is 34.6 Å². The van der Waals surface area contributed by atoms with E-state index in [0.29, 0.717) is 24.1 Å². The van der Waals surface area contributed by atoms with Crippen molar-refractivity contribution in [2.24, 2.45) is 4.99 Å². The number of amides is 1. The van der Waals surface area contributed by atoms with Crippen molar-refractivity contribution in [3.63, 3.8) is 0 Å². The Kier molecular flexibility index (Phi) is 6.88. The van der Waals surface area contributed by atoms with E-state index in [2.05, 4.69) is 39.8 Å². The molecule has 1 aromatic heterocycles. The van der Waals surface area contributed by atoms with Gasteiger partial charge in [0.05, 0.1) is 18.8 Å². The molecule has 1 aromatic carbocycles. The SMILES string of the molecule is CN=C(NCC(=O)Nc1cccc(F)c1)NCc1nc(C(C)C)cs1. The highest BCUT2D eigenvalue weighted by Gasteiger charge is 2.08. The predicted octanol–water partition coefficient (Wildman–Crippen LogP) is 2.71. The number of rotatable bonds is 6. The number of aliphatic imine (C=N–C) groups is 1. The lowest BCUT2D eigenvalue weighted by Crippen LogP contribution is -2.41. The van der Waals surface area contributed by atoms with Gasteiger partial charge in [-0.15, -0.1) is 11.3 Å². The number of hydrogen-bond donors (Lipinski definition) is 3. The Balaban J connectivity index is 1.78. The van der Waals surface area contributed by atoms with E-state index in [4.69, 9.17) is 0 Å². The third kappa shape index (κ3) is 6.15. The maximum absolute atomic E-state index is 13.1. The van der Waals surface area contributed by atoms with Crippen molar-refractivity contribution in [1.29, 1.82) is 0 Å². The number of aromatic nitrogens is 1. The van der Waals surface area contributed by atoms with Crippen LogP contribution in [0, 0.1) is 5.82 Å². The molecule has 0 aliphatic rings. The Morgan fingerprint density at radius 3 is 2.80 bits per heavy atom. The lowest BCUT2D eigenvalue weighted by molar-refractivity contribution is -0.115. The van der Waals surface area contributed by atoms with Gasteiger partial charge in [-0.1, -0.05) is 19.9 Å². The van der Waals surface area contributed by atoms with Gasteiger partial charge in [-0.25, -0.2) is 9.37 Å². The van der Waals surface area contributed by atoms with Crippen molar-refractivity contribution < 1.29 is 9.18 Å². The summed E-state index contributed by atoms with van der Waals surface area (Å²) >= 11 is 1.59. The predicted molar refractivity (Wildman–Crippen MR) is 99.4 cm³/mol. The van der Waals surface area contributed by atoms with Gasteiger partial charge in [0.15, 0.2) is 5.96 Å². The number of carbonyl (C=O) groups excluding carboxylic acids is 1. The standard InChI is InChI=1S/C17H22FN5OS/c1-11(2)14-10-25-16(23-14)9-21-17(19-3)20-8-15(24)22-13-6-4-5-12(18)7-13/h4-7,10-11H,8-9H2,1-3H3,(H,22,24)(H2,19,20,21). The second-order valence-corrected chi connectivity index (χ2v) is 6.60. The third-order valence-electron chi connectivity index (χ3n) is 3.32. The van der Waals surface area contributed by atoms with Crippen LogP contribution in [0.3, 0.4) is 0 Å². The normalized spacial score (nSPS) is 11.5. The number of benzene rings is 1. The van der Waals surface area contributed by atoms with Gasteiger partial charge in [0.1, 0.15) is 10.8 Å². The number of thiazole rings is 1. The highest BCUT2D eigenvalue weighted by atomic mass is 32.1. The van der Waals surface area contributed by atoms with E-state index < -0.39 is 5.82 Å². The molecule has 0 atom stereocenters. The molecular weight excluding hydrogens is 341 g/mol. The molecule has 25 heavy (non-hydrogen) atoms. The summed E-state index contributed by atoms with van der Waals surface area (Å²) in [6.07, 6.45) is 0. The van der Waals surface area contributed by atoms with Crippen LogP contribution in [-0.2, 0) is 11.3 Å². The zero-order valence-corrected chi connectivity index (χ0v) is 15.3. The molecule has 0 saturated carbocycles. The molecule has 0 aliphatic heterocycles. The average Bonchev–Trinajstić information content (AvgIpc) is 3.04. The third-order valence-corrected chi connectivity index (χ3v) is 4.18. The van der Waals surface area contributed by atoms with E-state index >= 15 is 0 Å². The number of nitrogens with zero attached hydrogens (tertiary/aromatic N) is 2. The Labute approximate surface area is 150 Å². The first kappa shape index (κ1) is 18.9. The van der Waals surface area contributed by atoms with Crippen molar-refractivity contribution in [1.82, 2.24) is 15.6 Å². The minimum Gasteiger partial charge on any atom is -0.350 e. The van der Waals surface area contributed by atoms with Gasteiger partial charge < -0.3 is 16.0 Å². The number of anilines is 1. The molecule has 0 aliphatic carbocycles. The van der Waals surface area contributed by atoms with Crippen molar-refractivity contribution in [3.05, 3.63) is 46.2 Å². The number of halogens is 1. The summed E-state index contributed by atoms with van der Waals surface area (Å²) in [5.41, 5.74) is 1.48. The maximum atomic E-state index is 13.1. The molecule has 0 radical (unpaired) electrons. The first-order valence-corrected chi connectivity index (χ1v) is 8.80. The van der Waals surface area contributed by atoms with E-state index in [0.717, 1.165) is 10.7 Å². The van der Waals surface area contributed by atoms with Crippen molar-refractivity contribution in [2.45, 2.75) is 26.3 Å². The molecule has 1 heterocycles. The fourth-order valence-corrected chi connectivity index (χ4v) is 2.88. The van der Waals surface area contributed by atoms with Gasteiger partial charge in [-0.2, -0.15) is 0 Å². The minimum atomic E-state index is -0.396. The van der Waals surface area contributed by atoms with Crippen LogP contribution in [0.25, 0.3) is 0 Å². The van der Waals surface area contributed by atoms with Gasteiger partial charge >= 0.3 is 0 Å². The van der Waals surface area contributed by atoms with Crippen LogP contribution >= 0.6 is 11.3 Å². The van der Waals surface area contributed by atoms with E-state index in [-0.39, 0.29) is 12.5 Å². The molecule has 1 amide bonds. The molecular formula is C17H22FN5OS. The molecule has 134 valence electrons. The molecule has 2 rings (SSSR count). The second-order valence-electron chi connectivity index (χ2n) is 5.66. The highest BCUT2D eigenvalue weighted by molar-refractivity contribution is 7.09. The van der Waals surface area contributed by atoms with Crippen LogP contribution in [0.5, 0.6) is 0 Å². The molecule has 2 aromatic rings. The van der Waals surface area contributed by atoms with Crippen LogP contribution in [0.1, 0.15) is 30.5 Å². The van der Waals surface area contributed by atoms with Gasteiger partial charge in [0.25, 0.3) is 0 Å². The largest absolute Gasteiger partial charge is 0.350 e. The highest BCUT2D eigenvalue weighted by Crippen LogP contribution is 2.17. The lowest BCUT2D eigenvalue weighted by atomic mass is 10.2. The van der Waals surface area contributed by atoms with E-state index in [9.17, 15) is 9.18 Å². The topological polar surface area (TPSA) is 78.4 Å². The Morgan fingerprint density at radius 1 is 1.36 bits per heavy atom. The van der Waals surface area contributed by atoms with Gasteiger partial charge in [-0.3, -0.25) is 9.79 Å². The minimum absolute atomic E-state index is 0.0191. The summed E-state index contributed by atoms with van der Waals surface area (Å²) in [7, 11) is 1.63. The summed E-state index contributed by atoms with van der Waals surface area (Å²) in [4.78, 5) is 20.5. The first-order valence-electron chi connectivity index (χ1n) is 7.92. The molecule has 0 unspecified atom stereocenters. The lowest BCUT2D eigenvalue weighted by Gasteiger charge is -2.11. The fraction of sp³-hybridized carbons (Fsp3) is 0.353. The molecule has 0 spiro atoms. The Bertz CT molecular complexity index is 744. The smallest absolute Gasteiger partial charge is 0.243 e. The van der Waals surface area contributed by atoms with Crippen LogP contribution in [0.2, 0.25) is 0 Å². The quantitative estimate of drug-likeness (QED) is 0.545. The monoisotopic (exact) mass is 363 g/mol. The second kappa shape index (κ2) is 9.12. The van der Waals surface area contributed by atoms with E-state index in [1.54, 1.807) is 24.5 Å². The van der Waals surface area contributed by atoms with Crippen LogP contribution in [0.4, 0.5) is 10.1 Å². The zero-order chi connectivity index (χ0) is 18.2. The summed E-state index contributed by atoms with van der Waals surface area (Å²) in [6.45, 7) is 4.75. The molecule has 0 bridgehead atoms. The van der Waals surface area contributed by atoms with E-state index in [1.807, 2.05) is 5.38 Å². The van der Waals surface area contributed by atoms with Crippen molar-refractivity contribution >= 4 is 28.9 Å². The van der Waals surface area contributed by atoms with Crippen LogP contribution in [-0.4, -0.2) is 30.4 Å². The van der Waals surface area contributed by atoms with Crippen LogP contribution < -0.4 is 16.0 Å².